The number of esters is 1. The van der Waals surface area contributed by atoms with E-state index in [9.17, 15) is 9.59 Å². The van der Waals surface area contributed by atoms with Crippen molar-refractivity contribution < 1.29 is 14.3 Å². The lowest BCUT2D eigenvalue weighted by Crippen LogP contribution is -2.41. The molecule has 158 valence electrons. The van der Waals surface area contributed by atoms with Crippen LogP contribution in [0.15, 0.2) is 17.3 Å². The first-order valence-electron chi connectivity index (χ1n) is 9.56. The number of nitrogen functional groups attached to an aromatic ring is 1. The normalized spacial score (nSPS) is 18.6. The van der Waals surface area contributed by atoms with Crippen molar-refractivity contribution in [1.29, 1.82) is 0 Å². The fourth-order valence-electron chi connectivity index (χ4n) is 3.76. The number of carbonyl (C=O) groups excluding carboxylic acids is 2. The second-order valence-electron chi connectivity index (χ2n) is 7.74. The highest BCUT2D eigenvalue weighted by atomic mass is 32.2. The van der Waals surface area contributed by atoms with Gasteiger partial charge < -0.3 is 21.1 Å². The molecule has 2 aromatic rings. The maximum absolute atomic E-state index is 13.0. The third-order valence-corrected chi connectivity index (χ3v) is 5.90. The molecule has 0 aromatic carbocycles. The monoisotopic (exact) mass is 429 g/mol. The third-order valence-electron chi connectivity index (χ3n) is 4.98. The Morgan fingerprint density at radius 1 is 1.40 bits per heavy atom. The fraction of sp³-hybridized carbons (Fsp3) is 0.421. The molecule has 2 aliphatic rings. The number of anilines is 1. The summed E-state index contributed by atoms with van der Waals surface area (Å²) in [6.07, 6.45) is 2.52. The number of thioether (sulfide) groups is 1. The molecule has 11 heteroatoms. The van der Waals surface area contributed by atoms with Crippen LogP contribution in [0.2, 0.25) is 0 Å². The molecule has 1 aliphatic carbocycles. The standard InChI is InChI=1S/C19H23N7O3S/c1-4-29-11(27)5-10-8-30-18(22-10)24-16(28)15-12-14(25-26-15)13-9(6-19(12,2)3)7-21-17(20)23-13/h7-8,18,22H,4-6H2,1-3H3,(H,24,28)(H,25,26)(H2,20,21,23). The predicted octanol–water partition coefficient (Wildman–Crippen LogP) is 1.43. The van der Waals surface area contributed by atoms with Crippen molar-refractivity contribution >= 4 is 29.6 Å². The van der Waals surface area contributed by atoms with Gasteiger partial charge in [-0.15, -0.1) is 0 Å². The summed E-state index contributed by atoms with van der Waals surface area (Å²) in [4.78, 5) is 33.1. The summed E-state index contributed by atoms with van der Waals surface area (Å²) in [5.74, 6) is -0.439. The number of aromatic nitrogens is 4. The SMILES string of the molecule is CCOC(=O)CC1=CSC(NC(=O)c2[nH]nc3c2C(C)(C)Cc2cnc(N)nc2-3)N1. The van der Waals surface area contributed by atoms with Gasteiger partial charge in [0.1, 0.15) is 11.4 Å². The van der Waals surface area contributed by atoms with Crippen LogP contribution in [-0.4, -0.2) is 44.1 Å². The fourth-order valence-corrected chi connectivity index (χ4v) is 4.61. The molecular weight excluding hydrogens is 406 g/mol. The highest BCUT2D eigenvalue weighted by Crippen LogP contribution is 2.42. The van der Waals surface area contributed by atoms with Crippen LogP contribution >= 0.6 is 11.8 Å². The highest BCUT2D eigenvalue weighted by molar-refractivity contribution is 8.02. The Morgan fingerprint density at radius 2 is 2.20 bits per heavy atom. The second-order valence-corrected chi connectivity index (χ2v) is 8.72. The smallest absolute Gasteiger partial charge is 0.311 e. The van der Waals surface area contributed by atoms with Gasteiger partial charge in [-0.1, -0.05) is 25.6 Å². The highest BCUT2D eigenvalue weighted by Gasteiger charge is 2.39. The predicted molar refractivity (Wildman–Crippen MR) is 112 cm³/mol. The number of fused-ring (bicyclic) bond motifs is 3. The van der Waals surface area contributed by atoms with E-state index in [1.54, 1.807) is 13.1 Å². The molecule has 1 atom stereocenters. The molecule has 0 radical (unpaired) electrons. The molecule has 30 heavy (non-hydrogen) atoms. The minimum Gasteiger partial charge on any atom is -0.466 e. The maximum Gasteiger partial charge on any atom is 0.311 e. The van der Waals surface area contributed by atoms with Crippen LogP contribution in [0.4, 0.5) is 5.95 Å². The first-order valence-corrected chi connectivity index (χ1v) is 10.5. The van der Waals surface area contributed by atoms with Gasteiger partial charge in [-0.3, -0.25) is 14.7 Å². The van der Waals surface area contributed by atoms with Crippen molar-refractivity contribution in [3.63, 3.8) is 0 Å². The number of carbonyl (C=O) groups is 2. The van der Waals surface area contributed by atoms with E-state index < -0.39 is 5.50 Å². The molecule has 1 amide bonds. The second kappa shape index (κ2) is 7.63. The largest absolute Gasteiger partial charge is 0.466 e. The van der Waals surface area contributed by atoms with Gasteiger partial charge in [-0.2, -0.15) is 5.10 Å². The van der Waals surface area contributed by atoms with E-state index >= 15 is 0 Å². The summed E-state index contributed by atoms with van der Waals surface area (Å²) in [6.45, 7) is 6.20. The topological polar surface area (TPSA) is 148 Å². The number of hydrogen-bond acceptors (Lipinski definition) is 9. The van der Waals surface area contributed by atoms with Crippen LogP contribution in [-0.2, 0) is 21.4 Å². The Bertz CT molecular complexity index is 1050. The Morgan fingerprint density at radius 3 is 2.97 bits per heavy atom. The number of amides is 1. The Balaban J connectivity index is 1.52. The Labute approximate surface area is 177 Å². The molecule has 0 saturated heterocycles. The first kappa shape index (κ1) is 20.2. The van der Waals surface area contributed by atoms with Gasteiger partial charge in [-0.25, -0.2) is 9.97 Å². The first-order chi connectivity index (χ1) is 14.3. The average Bonchev–Trinajstić information content (AvgIpc) is 3.30. The van der Waals surface area contributed by atoms with Gasteiger partial charge in [0, 0.05) is 17.5 Å². The summed E-state index contributed by atoms with van der Waals surface area (Å²) < 4.78 is 4.95. The van der Waals surface area contributed by atoms with Gasteiger partial charge in [-0.05, 0) is 29.7 Å². The van der Waals surface area contributed by atoms with Crippen LogP contribution in [0.1, 0.15) is 48.8 Å². The van der Waals surface area contributed by atoms with Crippen LogP contribution in [0.3, 0.4) is 0 Å². The summed E-state index contributed by atoms with van der Waals surface area (Å²) in [5, 5.41) is 15.1. The summed E-state index contributed by atoms with van der Waals surface area (Å²) in [6, 6.07) is 0. The van der Waals surface area contributed by atoms with Gasteiger partial charge in [0.25, 0.3) is 5.91 Å². The maximum atomic E-state index is 13.0. The number of rotatable bonds is 5. The average molecular weight is 430 g/mol. The molecular formula is C19H23N7O3S. The van der Waals surface area contributed by atoms with Crippen molar-refractivity contribution in [2.24, 2.45) is 0 Å². The minimum atomic E-state index is -0.391. The third kappa shape index (κ3) is 3.72. The lowest BCUT2D eigenvalue weighted by Gasteiger charge is -2.31. The molecule has 0 fully saturated rings. The molecule has 4 rings (SSSR count). The van der Waals surface area contributed by atoms with Crippen molar-refractivity contribution in [1.82, 2.24) is 30.8 Å². The number of nitrogens with zero attached hydrogens (tertiary/aromatic N) is 3. The molecule has 1 aliphatic heterocycles. The van der Waals surface area contributed by atoms with E-state index in [2.05, 4.69) is 44.6 Å². The van der Waals surface area contributed by atoms with E-state index in [1.807, 2.05) is 5.41 Å². The molecule has 2 aromatic heterocycles. The zero-order valence-corrected chi connectivity index (χ0v) is 17.7. The van der Waals surface area contributed by atoms with E-state index in [1.165, 1.54) is 11.8 Å². The van der Waals surface area contributed by atoms with Crippen LogP contribution < -0.4 is 16.4 Å². The van der Waals surface area contributed by atoms with Crippen LogP contribution in [0, 0.1) is 0 Å². The van der Waals surface area contributed by atoms with E-state index in [4.69, 9.17) is 10.5 Å². The van der Waals surface area contributed by atoms with Crippen molar-refractivity contribution in [2.75, 3.05) is 12.3 Å². The number of ether oxygens (including phenoxy) is 1. The quantitative estimate of drug-likeness (QED) is 0.518. The van der Waals surface area contributed by atoms with Crippen molar-refractivity contribution in [3.05, 3.63) is 34.1 Å². The molecule has 5 N–H and O–H groups in total. The van der Waals surface area contributed by atoms with E-state index in [0.29, 0.717) is 35.8 Å². The van der Waals surface area contributed by atoms with E-state index in [-0.39, 0.29) is 29.7 Å². The minimum absolute atomic E-state index is 0.137. The summed E-state index contributed by atoms with van der Waals surface area (Å²) in [5.41, 5.74) is 9.14. The molecule has 0 bridgehead atoms. The zero-order chi connectivity index (χ0) is 21.5. The summed E-state index contributed by atoms with van der Waals surface area (Å²) >= 11 is 1.38. The number of nitrogens with two attached hydrogens (primary N) is 1. The van der Waals surface area contributed by atoms with Crippen molar-refractivity contribution in [3.8, 4) is 11.4 Å². The van der Waals surface area contributed by atoms with Crippen LogP contribution in [0.25, 0.3) is 11.4 Å². The molecule has 0 spiro atoms. The van der Waals surface area contributed by atoms with Gasteiger partial charge in [0.15, 0.2) is 5.50 Å². The van der Waals surface area contributed by atoms with Gasteiger partial charge >= 0.3 is 5.97 Å². The van der Waals surface area contributed by atoms with Crippen molar-refractivity contribution in [2.45, 2.75) is 44.5 Å². The van der Waals surface area contributed by atoms with E-state index in [0.717, 1.165) is 11.1 Å². The number of hydrogen-bond donors (Lipinski definition) is 4. The van der Waals surface area contributed by atoms with Gasteiger partial charge in [0.2, 0.25) is 5.95 Å². The zero-order valence-electron chi connectivity index (χ0n) is 16.9. The summed E-state index contributed by atoms with van der Waals surface area (Å²) in [7, 11) is 0. The molecule has 0 saturated carbocycles. The number of nitrogens with one attached hydrogen (secondary N) is 3. The van der Waals surface area contributed by atoms with Crippen LogP contribution in [0.5, 0.6) is 0 Å². The number of H-pyrrole nitrogens is 1. The Kier molecular flexibility index (Phi) is 5.14. The lowest BCUT2D eigenvalue weighted by molar-refractivity contribution is -0.142. The van der Waals surface area contributed by atoms with Gasteiger partial charge in [0.05, 0.1) is 18.7 Å². The molecule has 10 nitrogen and oxygen atoms in total. The number of aromatic amines is 1. The Hall–Kier alpha value is -3.08. The molecule has 1 unspecified atom stereocenters. The lowest BCUT2D eigenvalue weighted by atomic mass is 9.73. The molecule has 3 heterocycles.